The number of amides is 2. The number of carbonyl (C=O) groups excluding carboxylic acids is 1. The Balaban J connectivity index is 1.41. The monoisotopic (exact) mass is 473 g/mol. The SMILES string of the molecule is COc1ccccc1C(C)N1C(=O)N(C2CCN(c3c(C)cccc3F)CC2)Cc2ccccc21. The molecule has 0 saturated carbocycles. The number of methoxy groups -OCH3 is 1. The van der Waals surface area contributed by atoms with Gasteiger partial charge < -0.3 is 14.5 Å². The number of ether oxygens (including phenoxy) is 1. The number of anilines is 2. The van der Waals surface area contributed by atoms with Gasteiger partial charge in [0, 0.05) is 31.2 Å². The Bertz CT molecular complexity index is 1200. The molecule has 1 saturated heterocycles. The highest BCUT2D eigenvalue weighted by Crippen LogP contribution is 2.39. The van der Waals surface area contributed by atoms with Crippen LogP contribution in [0.2, 0.25) is 0 Å². The Morgan fingerprint density at radius 3 is 2.43 bits per heavy atom. The summed E-state index contributed by atoms with van der Waals surface area (Å²) in [6.07, 6.45) is 1.61. The van der Waals surface area contributed by atoms with Crippen molar-refractivity contribution in [1.82, 2.24) is 4.90 Å². The lowest BCUT2D eigenvalue weighted by molar-refractivity contribution is 0.157. The summed E-state index contributed by atoms with van der Waals surface area (Å²) in [6, 6.07) is 21.2. The molecule has 3 aromatic carbocycles. The Kier molecular flexibility index (Phi) is 6.37. The molecule has 1 fully saturated rings. The lowest BCUT2D eigenvalue weighted by Crippen LogP contribution is -2.54. The van der Waals surface area contributed by atoms with Crippen LogP contribution in [-0.2, 0) is 6.54 Å². The number of hydrogen-bond donors (Lipinski definition) is 0. The molecule has 2 aliphatic heterocycles. The van der Waals surface area contributed by atoms with Gasteiger partial charge >= 0.3 is 6.03 Å². The minimum atomic E-state index is -0.191. The largest absolute Gasteiger partial charge is 0.496 e. The molecule has 5 nitrogen and oxygen atoms in total. The van der Waals surface area contributed by atoms with Crippen molar-refractivity contribution in [2.45, 2.75) is 45.3 Å². The Morgan fingerprint density at radius 2 is 1.69 bits per heavy atom. The summed E-state index contributed by atoms with van der Waals surface area (Å²) >= 11 is 0. The fraction of sp³-hybridized carbons (Fsp3) is 0.345. The molecule has 0 spiro atoms. The maximum absolute atomic E-state index is 14.6. The molecule has 35 heavy (non-hydrogen) atoms. The maximum atomic E-state index is 14.6. The quantitative estimate of drug-likeness (QED) is 0.435. The number of halogens is 1. The van der Waals surface area contributed by atoms with E-state index >= 15 is 0 Å². The van der Waals surface area contributed by atoms with Crippen molar-refractivity contribution in [3.05, 3.63) is 89.2 Å². The zero-order valence-corrected chi connectivity index (χ0v) is 20.6. The fourth-order valence-corrected chi connectivity index (χ4v) is 5.61. The van der Waals surface area contributed by atoms with Crippen molar-refractivity contribution in [2.24, 2.45) is 0 Å². The van der Waals surface area contributed by atoms with Gasteiger partial charge in [0.15, 0.2) is 0 Å². The van der Waals surface area contributed by atoms with Crippen molar-refractivity contribution in [3.63, 3.8) is 0 Å². The summed E-state index contributed by atoms with van der Waals surface area (Å²) in [7, 11) is 1.66. The van der Waals surface area contributed by atoms with E-state index in [0.717, 1.165) is 54.1 Å². The molecule has 182 valence electrons. The van der Waals surface area contributed by atoms with Gasteiger partial charge in [-0.05, 0) is 56.0 Å². The molecule has 2 aliphatic rings. The molecular formula is C29H32FN3O2. The molecule has 6 heteroatoms. The number of benzene rings is 3. The van der Waals surface area contributed by atoms with Crippen LogP contribution in [0, 0.1) is 12.7 Å². The summed E-state index contributed by atoms with van der Waals surface area (Å²) < 4.78 is 20.2. The van der Waals surface area contributed by atoms with E-state index < -0.39 is 0 Å². The zero-order valence-electron chi connectivity index (χ0n) is 20.6. The van der Waals surface area contributed by atoms with Gasteiger partial charge in [-0.1, -0.05) is 48.5 Å². The standard InChI is InChI=1S/C29H32FN3O2/c1-20-9-8-12-25(30)28(20)31-17-15-23(16-18-31)32-19-22-10-4-6-13-26(22)33(29(32)34)21(2)24-11-5-7-14-27(24)35-3/h4-14,21,23H,15-19H2,1-3H3. The van der Waals surface area contributed by atoms with E-state index in [1.54, 1.807) is 13.2 Å². The molecule has 0 radical (unpaired) electrons. The van der Waals surface area contributed by atoms with Crippen molar-refractivity contribution >= 4 is 17.4 Å². The van der Waals surface area contributed by atoms with Gasteiger partial charge in [-0.15, -0.1) is 0 Å². The molecule has 2 amide bonds. The van der Waals surface area contributed by atoms with Gasteiger partial charge in [-0.3, -0.25) is 4.90 Å². The second-order valence-corrected chi connectivity index (χ2v) is 9.45. The zero-order chi connectivity index (χ0) is 24.5. The molecule has 5 rings (SSSR count). The fourth-order valence-electron chi connectivity index (χ4n) is 5.61. The van der Waals surface area contributed by atoms with Crippen LogP contribution in [-0.4, -0.2) is 37.2 Å². The second kappa shape index (κ2) is 9.61. The highest BCUT2D eigenvalue weighted by atomic mass is 19.1. The molecule has 0 bridgehead atoms. The normalized spacial score (nSPS) is 17.4. The number of hydrogen-bond acceptors (Lipinski definition) is 3. The topological polar surface area (TPSA) is 36.0 Å². The van der Waals surface area contributed by atoms with Gasteiger partial charge in [0.2, 0.25) is 0 Å². The lowest BCUT2D eigenvalue weighted by atomic mass is 9.97. The van der Waals surface area contributed by atoms with E-state index in [2.05, 4.69) is 17.9 Å². The average Bonchev–Trinajstić information content (AvgIpc) is 2.88. The van der Waals surface area contributed by atoms with Gasteiger partial charge in [-0.2, -0.15) is 0 Å². The summed E-state index contributed by atoms with van der Waals surface area (Å²) in [4.78, 5) is 20.0. The molecule has 1 unspecified atom stereocenters. The van der Waals surface area contributed by atoms with E-state index in [9.17, 15) is 9.18 Å². The Hall–Kier alpha value is -3.54. The molecule has 0 N–H and O–H groups in total. The molecule has 2 heterocycles. The van der Waals surface area contributed by atoms with Crippen molar-refractivity contribution in [2.75, 3.05) is 30.0 Å². The van der Waals surface area contributed by atoms with Crippen molar-refractivity contribution < 1.29 is 13.9 Å². The summed E-state index contributed by atoms with van der Waals surface area (Å²) in [6.45, 7) is 6.04. The van der Waals surface area contributed by atoms with Crippen LogP contribution >= 0.6 is 0 Å². The first-order valence-electron chi connectivity index (χ1n) is 12.3. The maximum Gasteiger partial charge on any atom is 0.325 e. The van der Waals surface area contributed by atoms with Crippen LogP contribution in [0.3, 0.4) is 0 Å². The summed E-state index contributed by atoms with van der Waals surface area (Å²) in [5.41, 5.74) is 4.70. The Labute approximate surface area is 206 Å². The number of aryl methyl sites for hydroxylation is 1. The number of rotatable bonds is 5. The van der Waals surface area contributed by atoms with Crippen LogP contribution in [0.4, 0.5) is 20.6 Å². The van der Waals surface area contributed by atoms with Crippen LogP contribution < -0.4 is 14.5 Å². The first-order chi connectivity index (χ1) is 17.0. The predicted molar refractivity (Wildman–Crippen MR) is 138 cm³/mol. The second-order valence-electron chi connectivity index (χ2n) is 9.45. The van der Waals surface area contributed by atoms with Gasteiger partial charge in [0.05, 0.1) is 24.5 Å². The van der Waals surface area contributed by atoms with Crippen molar-refractivity contribution in [3.8, 4) is 5.75 Å². The number of fused-ring (bicyclic) bond motifs is 1. The summed E-state index contributed by atoms with van der Waals surface area (Å²) in [5.74, 6) is 0.596. The molecule has 3 aromatic rings. The van der Waals surface area contributed by atoms with Gasteiger partial charge in [0.25, 0.3) is 0 Å². The molecular weight excluding hydrogens is 441 g/mol. The number of urea groups is 1. The number of para-hydroxylation sites is 3. The van der Waals surface area contributed by atoms with Crippen LogP contribution in [0.1, 0.15) is 42.5 Å². The first-order valence-corrected chi connectivity index (χ1v) is 12.3. The molecule has 0 aromatic heterocycles. The van der Waals surface area contributed by atoms with E-state index in [4.69, 9.17) is 4.74 Å². The van der Waals surface area contributed by atoms with Crippen LogP contribution in [0.25, 0.3) is 0 Å². The number of nitrogens with zero attached hydrogens (tertiary/aromatic N) is 3. The van der Waals surface area contributed by atoms with Crippen LogP contribution in [0.15, 0.2) is 66.7 Å². The first kappa shape index (κ1) is 23.2. The minimum absolute atomic E-state index is 0.0163. The van der Waals surface area contributed by atoms with Crippen molar-refractivity contribution in [1.29, 1.82) is 0 Å². The predicted octanol–water partition coefficient (Wildman–Crippen LogP) is 6.31. The number of piperidine rings is 1. The third-order valence-electron chi connectivity index (χ3n) is 7.43. The van der Waals surface area contributed by atoms with Gasteiger partial charge in [0.1, 0.15) is 11.6 Å². The van der Waals surface area contributed by atoms with E-state index in [0.29, 0.717) is 12.2 Å². The van der Waals surface area contributed by atoms with E-state index in [-0.39, 0.29) is 23.9 Å². The van der Waals surface area contributed by atoms with Gasteiger partial charge in [-0.25, -0.2) is 9.18 Å². The number of carbonyl (C=O) groups is 1. The third-order valence-corrected chi connectivity index (χ3v) is 7.43. The third kappa shape index (κ3) is 4.22. The Morgan fingerprint density at radius 1 is 0.971 bits per heavy atom. The highest BCUT2D eigenvalue weighted by molar-refractivity contribution is 5.96. The smallest absolute Gasteiger partial charge is 0.325 e. The average molecular weight is 474 g/mol. The van der Waals surface area contributed by atoms with E-state index in [1.165, 1.54) is 6.07 Å². The molecule has 1 atom stereocenters. The molecule has 0 aliphatic carbocycles. The van der Waals surface area contributed by atoms with Crippen LogP contribution in [0.5, 0.6) is 5.75 Å². The lowest BCUT2D eigenvalue weighted by Gasteiger charge is -2.46. The highest BCUT2D eigenvalue weighted by Gasteiger charge is 2.39. The van der Waals surface area contributed by atoms with E-state index in [1.807, 2.05) is 65.3 Å². The summed E-state index contributed by atoms with van der Waals surface area (Å²) in [5, 5.41) is 0. The minimum Gasteiger partial charge on any atom is -0.496 e.